The van der Waals surface area contributed by atoms with Crippen LogP contribution in [0.3, 0.4) is 0 Å². The number of amides is 2. The molecule has 1 aliphatic carbocycles. The molecule has 1 aliphatic rings. The molecule has 1 fully saturated rings. The van der Waals surface area contributed by atoms with Crippen molar-refractivity contribution in [1.29, 1.82) is 0 Å². The van der Waals surface area contributed by atoms with Crippen LogP contribution >= 0.6 is 15.9 Å². The second-order valence-corrected chi connectivity index (χ2v) is 10.2. The zero-order chi connectivity index (χ0) is 25.2. The normalized spacial score (nSPS) is 14.6. The number of carbonyl (C=O) groups is 2. The molecule has 1 unspecified atom stereocenters. The van der Waals surface area contributed by atoms with E-state index in [1.165, 1.54) is 6.42 Å². The molecule has 6 heteroatoms. The standard InChI is InChI=1S/C30H33BrN2O3/c31-25-18-16-24(17-19-25)21-33(29(34)22-36-27-14-8-3-9-15-27)28(20-23-10-4-1-5-11-23)30(35)32-26-12-6-2-7-13-26/h1,3-5,8-11,14-19,26,28H,2,6-7,12-13,20-22H2,(H,32,35). The molecule has 1 atom stereocenters. The molecule has 0 saturated heterocycles. The van der Waals surface area contributed by atoms with Crippen LogP contribution in [0.25, 0.3) is 0 Å². The summed E-state index contributed by atoms with van der Waals surface area (Å²) in [6, 6.07) is 26.5. The average Bonchev–Trinajstić information content (AvgIpc) is 2.92. The number of benzene rings is 3. The van der Waals surface area contributed by atoms with Crippen LogP contribution in [0.4, 0.5) is 0 Å². The first-order valence-corrected chi connectivity index (χ1v) is 13.4. The Morgan fingerprint density at radius 1 is 0.861 bits per heavy atom. The minimum atomic E-state index is -0.648. The van der Waals surface area contributed by atoms with E-state index in [9.17, 15) is 9.59 Å². The van der Waals surface area contributed by atoms with Gasteiger partial charge in [0.25, 0.3) is 5.91 Å². The molecule has 1 N–H and O–H groups in total. The molecular weight excluding hydrogens is 516 g/mol. The second kappa shape index (κ2) is 13.3. The van der Waals surface area contributed by atoms with E-state index in [-0.39, 0.29) is 24.5 Å². The summed E-state index contributed by atoms with van der Waals surface area (Å²) in [6.45, 7) is 0.183. The van der Waals surface area contributed by atoms with Crippen LogP contribution < -0.4 is 10.1 Å². The summed E-state index contributed by atoms with van der Waals surface area (Å²) < 4.78 is 6.77. The van der Waals surface area contributed by atoms with Gasteiger partial charge in [-0.15, -0.1) is 0 Å². The van der Waals surface area contributed by atoms with Gasteiger partial charge in [0.15, 0.2) is 6.61 Å². The molecule has 0 bridgehead atoms. The van der Waals surface area contributed by atoms with Crippen molar-refractivity contribution in [2.24, 2.45) is 0 Å². The summed E-state index contributed by atoms with van der Waals surface area (Å²) in [7, 11) is 0. The topological polar surface area (TPSA) is 58.6 Å². The van der Waals surface area contributed by atoms with Crippen molar-refractivity contribution < 1.29 is 14.3 Å². The third-order valence-electron chi connectivity index (χ3n) is 6.59. The summed E-state index contributed by atoms with van der Waals surface area (Å²) in [5.74, 6) is 0.304. The van der Waals surface area contributed by atoms with Crippen molar-refractivity contribution in [1.82, 2.24) is 10.2 Å². The van der Waals surface area contributed by atoms with E-state index in [4.69, 9.17) is 4.74 Å². The van der Waals surface area contributed by atoms with Crippen molar-refractivity contribution in [2.75, 3.05) is 6.61 Å². The van der Waals surface area contributed by atoms with E-state index < -0.39 is 6.04 Å². The van der Waals surface area contributed by atoms with Crippen LogP contribution in [0.15, 0.2) is 89.4 Å². The minimum absolute atomic E-state index is 0.101. The van der Waals surface area contributed by atoms with Gasteiger partial charge in [-0.25, -0.2) is 0 Å². The second-order valence-electron chi connectivity index (χ2n) is 9.30. The molecular formula is C30H33BrN2O3. The number of nitrogens with one attached hydrogen (secondary N) is 1. The predicted molar refractivity (Wildman–Crippen MR) is 146 cm³/mol. The number of halogens is 1. The van der Waals surface area contributed by atoms with E-state index in [2.05, 4.69) is 21.2 Å². The van der Waals surface area contributed by atoms with Crippen LogP contribution in [-0.2, 0) is 22.6 Å². The number of hydrogen-bond acceptors (Lipinski definition) is 3. The highest BCUT2D eigenvalue weighted by Gasteiger charge is 2.32. The largest absolute Gasteiger partial charge is 0.484 e. The minimum Gasteiger partial charge on any atom is -0.484 e. The molecule has 5 nitrogen and oxygen atoms in total. The summed E-state index contributed by atoms with van der Waals surface area (Å²) in [5.41, 5.74) is 1.97. The molecule has 0 heterocycles. The van der Waals surface area contributed by atoms with Gasteiger partial charge >= 0.3 is 0 Å². The van der Waals surface area contributed by atoms with Gasteiger partial charge in [0, 0.05) is 23.5 Å². The summed E-state index contributed by atoms with van der Waals surface area (Å²) >= 11 is 3.48. The SMILES string of the molecule is O=C(NC1CCCCC1)C(Cc1ccccc1)N(Cc1ccc(Br)cc1)C(=O)COc1ccccc1. The Morgan fingerprint density at radius 3 is 2.17 bits per heavy atom. The van der Waals surface area contributed by atoms with E-state index >= 15 is 0 Å². The van der Waals surface area contributed by atoms with Gasteiger partial charge < -0.3 is 15.0 Å². The smallest absolute Gasteiger partial charge is 0.261 e. The van der Waals surface area contributed by atoms with Gasteiger partial charge in [0.05, 0.1) is 0 Å². The molecule has 188 valence electrons. The molecule has 0 radical (unpaired) electrons. The quantitative estimate of drug-likeness (QED) is 0.342. The molecule has 3 aromatic rings. The fourth-order valence-electron chi connectivity index (χ4n) is 4.63. The molecule has 3 aromatic carbocycles. The molecule has 0 spiro atoms. The Kier molecular flexibility index (Phi) is 9.56. The highest BCUT2D eigenvalue weighted by atomic mass is 79.9. The number of para-hydroxylation sites is 1. The molecule has 0 aliphatic heterocycles. The third-order valence-corrected chi connectivity index (χ3v) is 7.12. The lowest BCUT2D eigenvalue weighted by molar-refractivity contribution is -0.143. The van der Waals surface area contributed by atoms with E-state index in [0.29, 0.717) is 18.7 Å². The Hall–Kier alpha value is -3.12. The summed E-state index contributed by atoms with van der Waals surface area (Å²) in [5, 5.41) is 3.26. The lowest BCUT2D eigenvalue weighted by Crippen LogP contribution is -2.53. The maximum atomic E-state index is 13.7. The number of nitrogens with zero attached hydrogens (tertiary/aromatic N) is 1. The van der Waals surface area contributed by atoms with Crippen LogP contribution in [0.5, 0.6) is 5.75 Å². The first-order chi connectivity index (χ1) is 17.6. The Labute approximate surface area is 222 Å². The van der Waals surface area contributed by atoms with Gasteiger partial charge in [-0.05, 0) is 48.2 Å². The molecule has 36 heavy (non-hydrogen) atoms. The molecule has 1 saturated carbocycles. The summed E-state index contributed by atoms with van der Waals surface area (Å²) in [6.07, 6.45) is 5.88. The lowest BCUT2D eigenvalue weighted by Gasteiger charge is -2.33. The van der Waals surface area contributed by atoms with Gasteiger partial charge in [0.1, 0.15) is 11.8 Å². The monoisotopic (exact) mass is 548 g/mol. The maximum Gasteiger partial charge on any atom is 0.261 e. The molecule has 2 amide bonds. The highest BCUT2D eigenvalue weighted by molar-refractivity contribution is 9.10. The van der Waals surface area contributed by atoms with Crippen LogP contribution in [0, 0.1) is 0 Å². The third kappa shape index (κ3) is 7.69. The fraction of sp³-hybridized carbons (Fsp3) is 0.333. The summed E-state index contributed by atoms with van der Waals surface area (Å²) in [4.78, 5) is 29.0. The zero-order valence-electron chi connectivity index (χ0n) is 20.4. The van der Waals surface area contributed by atoms with Crippen LogP contribution in [0.1, 0.15) is 43.2 Å². The van der Waals surface area contributed by atoms with Crippen molar-refractivity contribution in [3.63, 3.8) is 0 Å². The molecule has 4 rings (SSSR count). The Morgan fingerprint density at radius 2 is 1.50 bits per heavy atom. The van der Waals surface area contributed by atoms with E-state index in [1.807, 2.05) is 84.9 Å². The Bertz CT molecular complexity index is 1100. The van der Waals surface area contributed by atoms with E-state index in [1.54, 1.807) is 4.90 Å². The first-order valence-electron chi connectivity index (χ1n) is 12.6. The molecule has 0 aromatic heterocycles. The Balaban J connectivity index is 1.60. The first kappa shape index (κ1) is 26.0. The average molecular weight is 550 g/mol. The van der Waals surface area contributed by atoms with E-state index in [0.717, 1.165) is 41.3 Å². The number of ether oxygens (including phenoxy) is 1. The van der Waals surface area contributed by atoms with Crippen molar-refractivity contribution in [2.45, 2.75) is 57.2 Å². The van der Waals surface area contributed by atoms with Crippen molar-refractivity contribution in [3.05, 3.63) is 101 Å². The number of hydrogen-bond donors (Lipinski definition) is 1. The highest BCUT2D eigenvalue weighted by Crippen LogP contribution is 2.21. The van der Waals surface area contributed by atoms with Gasteiger partial charge in [-0.1, -0.05) is 95.9 Å². The van der Waals surface area contributed by atoms with Crippen molar-refractivity contribution >= 4 is 27.7 Å². The number of carbonyl (C=O) groups excluding carboxylic acids is 2. The van der Waals surface area contributed by atoms with Gasteiger partial charge in [0.2, 0.25) is 5.91 Å². The van der Waals surface area contributed by atoms with Crippen molar-refractivity contribution in [3.8, 4) is 5.75 Å². The predicted octanol–water partition coefficient (Wildman–Crippen LogP) is 5.92. The number of rotatable bonds is 10. The van der Waals surface area contributed by atoms with Gasteiger partial charge in [-0.3, -0.25) is 9.59 Å². The fourth-order valence-corrected chi connectivity index (χ4v) is 4.89. The van der Waals surface area contributed by atoms with Gasteiger partial charge in [-0.2, -0.15) is 0 Å². The zero-order valence-corrected chi connectivity index (χ0v) is 22.0. The maximum absolute atomic E-state index is 13.7. The van der Waals surface area contributed by atoms with Crippen LogP contribution in [0.2, 0.25) is 0 Å². The lowest BCUT2D eigenvalue weighted by atomic mass is 9.94. The van der Waals surface area contributed by atoms with Crippen LogP contribution in [-0.4, -0.2) is 35.4 Å².